The van der Waals surface area contributed by atoms with Crippen LogP contribution in [0.3, 0.4) is 0 Å². The molecule has 2 rings (SSSR count). The largest absolute Gasteiger partial charge is 0.310 e. The number of nitrogens with one attached hydrogen (secondary N) is 1. The van der Waals surface area contributed by atoms with E-state index in [2.05, 4.69) is 5.32 Å². The van der Waals surface area contributed by atoms with Gasteiger partial charge in [-0.1, -0.05) is 24.3 Å². The third-order valence-corrected chi connectivity index (χ3v) is 3.21. The second-order valence-electron chi connectivity index (χ2n) is 3.66. The molecule has 3 heteroatoms. The minimum absolute atomic E-state index is 0.457. The number of benzene rings is 1. The molecule has 1 aliphatic heterocycles. The first-order chi connectivity index (χ1) is 6.76. The molecule has 14 heavy (non-hydrogen) atoms. The van der Waals surface area contributed by atoms with Gasteiger partial charge in [0.1, 0.15) is 0 Å². The maximum Gasteiger partial charge on any atom is 0.160 e. The van der Waals surface area contributed by atoms with Crippen molar-refractivity contribution in [1.29, 1.82) is 0 Å². The van der Waals surface area contributed by atoms with Gasteiger partial charge >= 0.3 is 0 Å². The van der Waals surface area contributed by atoms with Crippen LogP contribution in [0.2, 0.25) is 0 Å². The van der Waals surface area contributed by atoms with E-state index in [1.807, 2.05) is 30.5 Å². The molecule has 0 saturated carbocycles. The van der Waals surface area contributed by atoms with Gasteiger partial charge < -0.3 is 5.32 Å². The molecule has 0 spiro atoms. The van der Waals surface area contributed by atoms with Crippen LogP contribution in [0.25, 0.3) is 0 Å². The number of alkyl halides is 1. The molecule has 0 unspecified atom stereocenters. The topological polar surface area (TPSA) is 12.0 Å². The lowest BCUT2D eigenvalue weighted by molar-refractivity contribution is 0.0883. The Bertz CT molecular complexity index is 323. The average molecular weight is 211 g/mol. The van der Waals surface area contributed by atoms with Crippen LogP contribution in [-0.4, -0.2) is 19.3 Å². The fraction of sp³-hybridized carbons (Fsp3) is 0.455. The van der Waals surface area contributed by atoms with E-state index >= 15 is 0 Å². The first-order valence-corrected chi connectivity index (χ1v) is 6.12. The van der Waals surface area contributed by atoms with Crippen LogP contribution in [0.5, 0.6) is 0 Å². The average Bonchev–Trinajstić information content (AvgIpc) is 2.16. The Morgan fingerprint density at radius 1 is 1.43 bits per heavy atom. The van der Waals surface area contributed by atoms with Crippen molar-refractivity contribution in [3.63, 3.8) is 0 Å². The molecule has 0 amide bonds. The van der Waals surface area contributed by atoms with Crippen molar-refractivity contribution in [3.05, 3.63) is 35.4 Å². The molecule has 1 saturated heterocycles. The standard InChI is InChI=1S/C11H14FNS/c1-14-6-9-4-2-3-5-10(9)11(12)7-13-8-11/h2-5,13H,6-8H2,1H3. The van der Waals surface area contributed by atoms with Gasteiger partial charge in [0.25, 0.3) is 0 Å². The summed E-state index contributed by atoms with van der Waals surface area (Å²) in [6.07, 6.45) is 2.04. The van der Waals surface area contributed by atoms with E-state index in [1.54, 1.807) is 11.8 Å². The van der Waals surface area contributed by atoms with E-state index in [9.17, 15) is 4.39 Å². The summed E-state index contributed by atoms with van der Waals surface area (Å²) in [7, 11) is 0. The SMILES string of the molecule is CSCc1ccccc1C1(F)CNC1. The van der Waals surface area contributed by atoms with Gasteiger partial charge in [0, 0.05) is 18.8 Å². The van der Waals surface area contributed by atoms with Crippen molar-refractivity contribution < 1.29 is 4.39 Å². The molecule has 1 aromatic carbocycles. The van der Waals surface area contributed by atoms with Gasteiger partial charge in [0.15, 0.2) is 5.67 Å². The molecule has 1 N–H and O–H groups in total. The Hall–Kier alpha value is -0.540. The summed E-state index contributed by atoms with van der Waals surface area (Å²) in [5.41, 5.74) is 0.879. The van der Waals surface area contributed by atoms with Crippen LogP contribution in [0.15, 0.2) is 24.3 Å². The van der Waals surface area contributed by atoms with Gasteiger partial charge in [-0.3, -0.25) is 0 Å². The normalized spacial score (nSPS) is 19.0. The Kier molecular flexibility index (Phi) is 2.79. The lowest BCUT2D eigenvalue weighted by Crippen LogP contribution is -2.54. The minimum atomic E-state index is -1.12. The molecule has 1 heterocycles. The highest BCUT2D eigenvalue weighted by molar-refractivity contribution is 7.97. The Labute approximate surface area is 88.1 Å². The summed E-state index contributed by atoms with van der Waals surface area (Å²) in [5, 5.41) is 2.99. The molecule has 0 atom stereocenters. The van der Waals surface area contributed by atoms with Gasteiger partial charge in [-0.2, -0.15) is 11.8 Å². The second kappa shape index (κ2) is 3.91. The van der Waals surface area contributed by atoms with Gasteiger partial charge in [0.05, 0.1) is 0 Å². The van der Waals surface area contributed by atoms with E-state index in [0.29, 0.717) is 13.1 Å². The summed E-state index contributed by atoms with van der Waals surface area (Å²) in [5.74, 6) is 0.891. The summed E-state index contributed by atoms with van der Waals surface area (Å²) >= 11 is 1.73. The maximum atomic E-state index is 14.2. The van der Waals surface area contributed by atoms with Crippen LogP contribution in [0.4, 0.5) is 4.39 Å². The predicted octanol–water partition coefficient (Wildman–Crippen LogP) is 2.32. The first kappa shape index (κ1) is 9.99. The Balaban J connectivity index is 2.31. The lowest BCUT2D eigenvalue weighted by Gasteiger charge is -2.36. The monoisotopic (exact) mass is 211 g/mol. The highest BCUT2D eigenvalue weighted by Gasteiger charge is 2.39. The Morgan fingerprint density at radius 3 is 2.71 bits per heavy atom. The van der Waals surface area contributed by atoms with E-state index in [0.717, 1.165) is 16.9 Å². The molecule has 1 aliphatic rings. The number of hydrogen-bond donors (Lipinski definition) is 1. The van der Waals surface area contributed by atoms with E-state index in [4.69, 9.17) is 0 Å². The molecular weight excluding hydrogens is 197 g/mol. The first-order valence-electron chi connectivity index (χ1n) is 4.73. The zero-order chi connectivity index (χ0) is 10.0. The summed E-state index contributed by atoms with van der Waals surface area (Å²) in [6.45, 7) is 0.913. The molecule has 0 bridgehead atoms. The van der Waals surface area contributed by atoms with E-state index in [1.165, 1.54) is 0 Å². The highest BCUT2D eigenvalue weighted by atomic mass is 32.2. The van der Waals surface area contributed by atoms with Crippen LogP contribution in [0.1, 0.15) is 11.1 Å². The highest BCUT2D eigenvalue weighted by Crippen LogP contribution is 2.33. The fourth-order valence-electron chi connectivity index (χ4n) is 1.77. The summed E-state index contributed by atoms with van der Waals surface area (Å²) in [4.78, 5) is 0. The summed E-state index contributed by atoms with van der Waals surface area (Å²) < 4.78 is 14.2. The third kappa shape index (κ3) is 1.66. The number of thioether (sulfide) groups is 1. The van der Waals surface area contributed by atoms with Crippen molar-refractivity contribution in [2.75, 3.05) is 19.3 Å². The molecule has 0 aliphatic carbocycles. The fourth-order valence-corrected chi connectivity index (χ4v) is 2.34. The molecule has 1 fully saturated rings. The van der Waals surface area contributed by atoms with Crippen molar-refractivity contribution in [1.82, 2.24) is 5.32 Å². The molecular formula is C11H14FNS. The van der Waals surface area contributed by atoms with Crippen LogP contribution < -0.4 is 5.32 Å². The van der Waals surface area contributed by atoms with Gasteiger partial charge in [-0.25, -0.2) is 4.39 Å². The smallest absolute Gasteiger partial charge is 0.160 e. The van der Waals surface area contributed by atoms with Crippen LogP contribution in [-0.2, 0) is 11.4 Å². The molecule has 1 aromatic rings. The number of hydrogen-bond acceptors (Lipinski definition) is 2. The molecule has 0 aromatic heterocycles. The third-order valence-electron chi connectivity index (χ3n) is 2.61. The zero-order valence-electron chi connectivity index (χ0n) is 8.22. The van der Waals surface area contributed by atoms with Gasteiger partial charge in [-0.15, -0.1) is 0 Å². The summed E-state index contributed by atoms with van der Waals surface area (Å²) in [6, 6.07) is 7.82. The molecule has 76 valence electrons. The van der Waals surface area contributed by atoms with Crippen molar-refractivity contribution >= 4 is 11.8 Å². The molecule has 1 nitrogen and oxygen atoms in total. The maximum absolute atomic E-state index is 14.2. The van der Waals surface area contributed by atoms with Gasteiger partial charge in [-0.05, 0) is 17.4 Å². The van der Waals surface area contributed by atoms with Crippen molar-refractivity contribution in [3.8, 4) is 0 Å². The predicted molar refractivity (Wildman–Crippen MR) is 59.3 cm³/mol. The minimum Gasteiger partial charge on any atom is -0.310 e. The zero-order valence-corrected chi connectivity index (χ0v) is 9.03. The van der Waals surface area contributed by atoms with Crippen LogP contribution in [0, 0.1) is 0 Å². The Morgan fingerprint density at radius 2 is 2.14 bits per heavy atom. The number of rotatable bonds is 3. The quantitative estimate of drug-likeness (QED) is 0.823. The van der Waals surface area contributed by atoms with E-state index < -0.39 is 5.67 Å². The van der Waals surface area contributed by atoms with Crippen molar-refractivity contribution in [2.24, 2.45) is 0 Å². The molecule has 0 radical (unpaired) electrons. The lowest BCUT2D eigenvalue weighted by atomic mass is 9.87. The van der Waals surface area contributed by atoms with Gasteiger partial charge in [0.2, 0.25) is 0 Å². The number of halogens is 1. The van der Waals surface area contributed by atoms with Crippen LogP contribution >= 0.6 is 11.8 Å². The second-order valence-corrected chi connectivity index (χ2v) is 4.53. The van der Waals surface area contributed by atoms with Crippen molar-refractivity contribution in [2.45, 2.75) is 11.4 Å². The van der Waals surface area contributed by atoms with E-state index in [-0.39, 0.29) is 0 Å².